The van der Waals surface area contributed by atoms with Gasteiger partial charge in [0.1, 0.15) is 0 Å². The lowest BCUT2D eigenvalue weighted by Crippen LogP contribution is -2.28. The van der Waals surface area contributed by atoms with Crippen LogP contribution in [0.4, 0.5) is 21.9 Å². The molecule has 148 valence electrons. The van der Waals surface area contributed by atoms with Crippen LogP contribution in [0.25, 0.3) is 0 Å². The summed E-state index contributed by atoms with van der Waals surface area (Å²) in [6, 6.07) is 21.0. The lowest BCUT2D eigenvalue weighted by atomic mass is 10.1. The van der Waals surface area contributed by atoms with E-state index in [4.69, 9.17) is 11.5 Å². The summed E-state index contributed by atoms with van der Waals surface area (Å²) in [5.74, 6) is -0.223. The molecule has 0 bridgehead atoms. The number of benzene rings is 3. The molecule has 0 saturated heterocycles. The van der Waals surface area contributed by atoms with Crippen LogP contribution in [0.2, 0.25) is 0 Å². The quantitative estimate of drug-likeness (QED) is 0.415. The fourth-order valence-corrected chi connectivity index (χ4v) is 2.67. The Bertz CT molecular complexity index is 985. The van der Waals surface area contributed by atoms with Crippen LogP contribution in [-0.2, 0) is 13.1 Å². The van der Waals surface area contributed by atoms with E-state index in [1.807, 2.05) is 30.3 Å². The van der Waals surface area contributed by atoms with Gasteiger partial charge in [0, 0.05) is 35.7 Å². The van der Waals surface area contributed by atoms with Crippen molar-refractivity contribution in [1.82, 2.24) is 5.32 Å². The first-order valence-electron chi connectivity index (χ1n) is 9.13. The van der Waals surface area contributed by atoms with Crippen molar-refractivity contribution in [1.29, 1.82) is 0 Å². The van der Waals surface area contributed by atoms with E-state index in [9.17, 15) is 9.59 Å². The Balaban J connectivity index is 1.56. The van der Waals surface area contributed by atoms with Gasteiger partial charge < -0.3 is 27.4 Å². The first-order valence-corrected chi connectivity index (χ1v) is 9.13. The highest BCUT2D eigenvalue weighted by Crippen LogP contribution is 2.13. The molecule has 0 fully saturated rings. The minimum atomic E-state index is -0.343. The van der Waals surface area contributed by atoms with Crippen molar-refractivity contribution in [3.8, 4) is 0 Å². The summed E-state index contributed by atoms with van der Waals surface area (Å²) in [6.45, 7) is 0.738. The van der Waals surface area contributed by atoms with E-state index in [0.29, 0.717) is 29.2 Å². The van der Waals surface area contributed by atoms with Gasteiger partial charge in [0.05, 0.1) is 0 Å². The maximum absolute atomic E-state index is 12.5. The summed E-state index contributed by atoms with van der Waals surface area (Å²) < 4.78 is 0. The highest BCUT2D eigenvalue weighted by atomic mass is 16.2. The lowest BCUT2D eigenvalue weighted by Gasteiger charge is -2.10. The largest absolute Gasteiger partial charge is 0.399 e. The minimum Gasteiger partial charge on any atom is -0.399 e. The molecule has 0 aromatic heterocycles. The summed E-state index contributed by atoms with van der Waals surface area (Å²) in [5, 5.41) is 8.34. The predicted octanol–water partition coefficient (Wildman–Crippen LogP) is 3.30. The zero-order chi connectivity index (χ0) is 20.6. The zero-order valence-electron chi connectivity index (χ0n) is 15.8. The molecule has 7 N–H and O–H groups in total. The van der Waals surface area contributed by atoms with Gasteiger partial charge in [-0.1, -0.05) is 24.3 Å². The molecule has 0 aliphatic rings. The van der Waals surface area contributed by atoms with Crippen LogP contribution in [0, 0.1) is 0 Å². The van der Waals surface area contributed by atoms with Crippen molar-refractivity contribution in [3.63, 3.8) is 0 Å². The lowest BCUT2D eigenvalue weighted by molar-refractivity contribution is 0.102. The molecule has 7 heteroatoms. The predicted molar refractivity (Wildman–Crippen MR) is 115 cm³/mol. The monoisotopic (exact) mass is 389 g/mol. The van der Waals surface area contributed by atoms with E-state index in [2.05, 4.69) is 16.0 Å². The van der Waals surface area contributed by atoms with Gasteiger partial charge in [-0.2, -0.15) is 0 Å². The molecule has 3 aromatic rings. The number of carbonyl (C=O) groups excluding carboxylic acids is 2. The molecule has 3 rings (SSSR count). The van der Waals surface area contributed by atoms with Crippen molar-refractivity contribution >= 4 is 29.0 Å². The third-order valence-electron chi connectivity index (χ3n) is 4.26. The number of carbonyl (C=O) groups is 2. The molecule has 0 unspecified atom stereocenters. The molecular formula is C22H23N5O2. The molecule has 0 saturated carbocycles. The SMILES string of the molecule is NCc1ccc(NC(=O)c2cccc(CNC(=O)Nc3ccc(N)cc3)c2)cc1. The van der Waals surface area contributed by atoms with Crippen LogP contribution in [-0.4, -0.2) is 11.9 Å². The second kappa shape index (κ2) is 9.38. The van der Waals surface area contributed by atoms with Gasteiger partial charge in [0.25, 0.3) is 5.91 Å². The van der Waals surface area contributed by atoms with Gasteiger partial charge in [-0.15, -0.1) is 0 Å². The van der Waals surface area contributed by atoms with E-state index in [1.165, 1.54) is 0 Å². The molecule has 3 amide bonds. The average molecular weight is 389 g/mol. The molecule has 0 radical (unpaired) electrons. The molecule has 0 heterocycles. The Morgan fingerprint density at radius 1 is 0.793 bits per heavy atom. The van der Waals surface area contributed by atoms with E-state index in [-0.39, 0.29) is 18.5 Å². The summed E-state index contributed by atoms with van der Waals surface area (Å²) in [5.41, 5.74) is 15.5. The van der Waals surface area contributed by atoms with E-state index >= 15 is 0 Å². The van der Waals surface area contributed by atoms with Crippen molar-refractivity contribution in [2.75, 3.05) is 16.4 Å². The molecule has 0 atom stereocenters. The van der Waals surface area contributed by atoms with Crippen LogP contribution in [0.15, 0.2) is 72.8 Å². The maximum Gasteiger partial charge on any atom is 0.319 e. The van der Waals surface area contributed by atoms with Crippen molar-refractivity contribution in [3.05, 3.63) is 89.5 Å². The van der Waals surface area contributed by atoms with Crippen molar-refractivity contribution in [2.24, 2.45) is 5.73 Å². The van der Waals surface area contributed by atoms with Crippen LogP contribution in [0.1, 0.15) is 21.5 Å². The van der Waals surface area contributed by atoms with Crippen LogP contribution >= 0.6 is 0 Å². The standard InChI is InChI=1S/C22H23N5O2/c23-13-15-4-8-19(9-5-15)26-21(28)17-3-1-2-16(12-17)14-25-22(29)27-20-10-6-18(24)7-11-20/h1-12H,13-14,23-24H2,(H,26,28)(H2,25,27,29). The average Bonchev–Trinajstić information content (AvgIpc) is 2.74. The normalized spacial score (nSPS) is 10.2. The van der Waals surface area contributed by atoms with Crippen molar-refractivity contribution < 1.29 is 9.59 Å². The fraction of sp³-hybridized carbons (Fsp3) is 0.0909. The summed E-state index contributed by atoms with van der Waals surface area (Å²) in [6.07, 6.45) is 0. The van der Waals surface area contributed by atoms with Crippen LogP contribution < -0.4 is 27.4 Å². The second-order valence-corrected chi connectivity index (χ2v) is 6.49. The Morgan fingerprint density at radius 3 is 2.14 bits per heavy atom. The number of nitrogen functional groups attached to an aromatic ring is 1. The third-order valence-corrected chi connectivity index (χ3v) is 4.26. The summed E-state index contributed by atoms with van der Waals surface area (Å²) in [7, 11) is 0. The van der Waals surface area contributed by atoms with E-state index in [0.717, 1.165) is 11.1 Å². The number of rotatable bonds is 6. The van der Waals surface area contributed by atoms with Gasteiger partial charge >= 0.3 is 6.03 Å². The number of nitrogens with two attached hydrogens (primary N) is 2. The first kappa shape index (κ1) is 19.9. The highest BCUT2D eigenvalue weighted by molar-refractivity contribution is 6.04. The zero-order valence-corrected chi connectivity index (χ0v) is 15.8. The summed E-state index contributed by atoms with van der Waals surface area (Å²) >= 11 is 0. The number of nitrogens with one attached hydrogen (secondary N) is 3. The number of hydrogen-bond donors (Lipinski definition) is 5. The summed E-state index contributed by atoms with van der Waals surface area (Å²) in [4.78, 5) is 24.5. The van der Waals surface area contributed by atoms with Crippen LogP contribution in [0.5, 0.6) is 0 Å². The van der Waals surface area contributed by atoms with Gasteiger partial charge in [-0.25, -0.2) is 4.79 Å². The van der Waals surface area contributed by atoms with Crippen molar-refractivity contribution in [2.45, 2.75) is 13.1 Å². The Kier molecular flexibility index (Phi) is 6.44. The van der Waals surface area contributed by atoms with Crippen LogP contribution in [0.3, 0.4) is 0 Å². The van der Waals surface area contributed by atoms with Gasteiger partial charge in [0.15, 0.2) is 0 Å². The minimum absolute atomic E-state index is 0.223. The molecule has 0 spiro atoms. The smallest absolute Gasteiger partial charge is 0.319 e. The van der Waals surface area contributed by atoms with Gasteiger partial charge in [-0.05, 0) is 59.7 Å². The van der Waals surface area contributed by atoms with E-state index in [1.54, 1.807) is 42.5 Å². The highest BCUT2D eigenvalue weighted by Gasteiger charge is 2.08. The number of hydrogen-bond acceptors (Lipinski definition) is 4. The Morgan fingerprint density at radius 2 is 1.45 bits per heavy atom. The molecular weight excluding hydrogens is 366 g/mol. The number of urea groups is 1. The fourth-order valence-electron chi connectivity index (χ4n) is 2.67. The topological polar surface area (TPSA) is 122 Å². The van der Waals surface area contributed by atoms with Gasteiger partial charge in [0.2, 0.25) is 0 Å². The Hall–Kier alpha value is -3.84. The third kappa shape index (κ3) is 5.82. The second-order valence-electron chi connectivity index (χ2n) is 6.49. The molecule has 0 aliphatic carbocycles. The number of amides is 3. The van der Waals surface area contributed by atoms with Gasteiger partial charge in [-0.3, -0.25) is 4.79 Å². The molecule has 7 nitrogen and oxygen atoms in total. The number of anilines is 3. The molecule has 0 aliphatic heterocycles. The molecule has 3 aromatic carbocycles. The maximum atomic E-state index is 12.5. The van der Waals surface area contributed by atoms with E-state index < -0.39 is 0 Å². The Labute approximate surface area is 169 Å². The first-order chi connectivity index (χ1) is 14.0. The molecule has 29 heavy (non-hydrogen) atoms.